The van der Waals surface area contributed by atoms with Crippen molar-refractivity contribution in [2.24, 2.45) is 0 Å². The quantitative estimate of drug-likeness (QED) is 0.515. The molecule has 0 spiro atoms. The van der Waals surface area contributed by atoms with E-state index in [0.29, 0.717) is 3.90 Å². The summed E-state index contributed by atoms with van der Waals surface area (Å²) in [6.45, 7) is 15.3. The molecule has 0 bridgehead atoms. The van der Waals surface area contributed by atoms with Crippen LogP contribution in [0.25, 0.3) is 11.1 Å². The number of rotatable bonds is 5. The van der Waals surface area contributed by atoms with Crippen LogP contribution in [0.1, 0.15) is 31.9 Å². The Morgan fingerprint density at radius 1 is 0.708 bits per heavy atom. The molecule has 3 rings (SSSR count). The summed E-state index contributed by atoms with van der Waals surface area (Å²) >= 11 is -1.88. The molecule has 1 aliphatic rings. The van der Waals surface area contributed by atoms with Crippen molar-refractivity contribution >= 4 is 21.2 Å². The van der Waals surface area contributed by atoms with Crippen LogP contribution in [0.4, 0.5) is 0 Å². The standard InChI is InChI=1S/C16H17Si.3C2H5.Al/c1-17(2,3)16-14-10-6-4-8-12(14)13-9-5-7-11-15(13)16;3*1-2;/h4-11H,1-3H3;3*1H2,2H3;/q;;;;-1. The maximum absolute atomic E-state index is 2.63. The predicted molar refractivity (Wildman–Crippen MR) is 113 cm³/mol. The molecule has 2 aromatic carbocycles. The van der Waals surface area contributed by atoms with Crippen molar-refractivity contribution < 1.29 is 0 Å². The van der Waals surface area contributed by atoms with Crippen LogP contribution in [0.5, 0.6) is 0 Å². The molecule has 24 heavy (non-hydrogen) atoms. The third-order valence-electron chi connectivity index (χ3n) is 7.44. The van der Waals surface area contributed by atoms with Crippen molar-refractivity contribution in [3.8, 4) is 11.1 Å². The van der Waals surface area contributed by atoms with Gasteiger partial charge in [-0.3, -0.25) is 0 Å². The van der Waals surface area contributed by atoms with Crippen molar-refractivity contribution in [2.75, 3.05) is 0 Å². The molecule has 0 saturated carbocycles. The van der Waals surface area contributed by atoms with Crippen LogP contribution in [-0.2, 0) is 3.90 Å². The summed E-state index contributed by atoms with van der Waals surface area (Å²) in [7, 11) is -1.50. The first kappa shape index (κ1) is 18.0. The zero-order chi connectivity index (χ0) is 17.6. The molecular weight excluding hydrogens is 319 g/mol. The monoisotopic (exact) mass is 351 g/mol. The first-order valence-electron chi connectivity index (χ1n) is 9.79. The zero-order valence-electron chi connectivity index (χ0n) is 16.3. The Bertz CT molecular complexity index is 684. The third kappa shape index (κ3) is 2.10. The van der Waals surface area contributed by atoms with Crippen LogP contribution >= 0.6 is 0 Å². The normalized spacial score (nSPS) is 15.9. The summed E-state index contributed by atoms with van der Waals surface area (Å²) in [5.74, 6) is 0. The van der Waals surface area contributed by atoms with Gasteiger partial charge in [0.25, 0.3) is 0 Å². The first-order valence-corrected chi connectivity index (χ1v) is 16.3. The van der Waals surface area contributed by atoms with Crippen molar-refractivity contribution in [3.63, 3.8) is 0 Å². The summed E-state index contributed by atoms with van der Waals surface area (Å²) in [4.78, 5) is 0. The lowest BCUT2D eigenvalue weighted by atomic mass is 10.1. The highest BCUT2D eigenvalue weighted by molar-refractivity contribution is 7.01. The molecule has 0 amide bonds. The van der Waals surface area contributed by atoms with Gasteiger partial charge in [-0.05, 0) is 11.1 Å². The van der Waals surface area contributed by atoms with E-state index in [0.717, 1.165) is 0 Å². The van der Waals surface area contributed by atoms with Crippen molar-refractivity contribution in [2.45, 2.75) is 60.2 Å². The van der Waals surface area contributed by atoms with Crippen LogP contribution in [0.2, 0.25) is 35.5 Å². The minimum absolute atomic E-state index is 0.367. The van der Waals surface area contributed by atoms with E-state index >= 15 is 0 Å². The van der Waals surface area contributed by atoms with Gasteiger partial charge in [-0.15, -0.1) is 24.7 Å². The van der Waals surface area contributed by atoms with Crippen LogP contribution < -0.4 is 0 Å². The molecule has 0 unspecified atom stereocenters. The fraction of sp³-hybridized carbons (Fsp3) is 0.455. The van der Waals surface area contributed by atoms with E-state index < -0.39 is 21.2 Å². The van der Waals surface area contributed by atoms with E-state index in [1.165, 1.54) is 27.0 Å². The number of hydrogen-bond acceptors (Lipinski definition) is 0. The fourth-order valence-electron chi connectivity index (χ4n) is 6.44. The van der Waals surface area contributed by atoms with Gasteiger partial charge >= 0.3 is 0 Å². The molecular formula is C22H32AlSi-. The van der Waals surface area contributed by atoms with Crippen LogP contribution in [0.15, 0.2) is 48.5 Å². The molecule has 0 aromatic heterocycles. The van der Waals surface area contributed by atoms with Gasteiger partial charge in [0.1, 0.15) is 13.1 Å². The van der Waals surface area contributed by atoms with Crippen molar-refractivity contribution in [1.29, 1.82) is 0 Å². The van der Waals surface area contributed by atoms with Gasteiger partial charge in [0.2, 0.25) is 0 Å². The second-order valence-electron chi connectivity index (χ2n) is 8.85. The van der Waals surface area contributed by atoms with Gasteiger partial charge in [0.05, 0.1) is 0 Å². The SMILES string of the molecule is C[CH2][Al-]([CH2]C)([CH2]C)[C]1([Si](C)(C)C)c2ccccc2-c2ccccc21. The number of hydrogen-bond donors (Lipinski definition) is 0. The third-order valence-corrected chi connectivity index (χ3v) is 21.9. The first-order chi connectivity index (χ1) is 11.4. The van der Waals surface area contributed by atoms with Crippen molar-refractivity contribution in [1.82, 2.24) is 0 Å². The summed E-state index contributed by atoms with van der Waals surface area (Å²) < 4.78 is 0.367. The molecule has 0 atom stereocenters. The lowest BCUT2D eigenvalue weighted by molar-refractivity contribution is 0.892. The molecule has 0 fully saturated rings. The van der Waals surface area contributed by atoms with Gasteiger partial charge in [0, 0.05) is 8.07 Å². The molecule has 0 saturated heterocycles. The fourth-order valence-corrected chi connectivity index (χ4v) is 23.1. The van der Waals surface area contributed by atoms with Gasteiger partial charge in [-0.1, -0.05) is 79.3 Å². The Labute approximate surface area is 152 Å². The van der Waals surface area contributed by atoms with Crippen LogP contribution in [0.3, 0.4) is 0 Å². The molecule has 2 heteroatoms. The molecule has 1 aliphatic carbocycles. The van der Waals surface area contributed by atoms with E-state index in [4.69, 9.17) is 0 Å². The Morgan fingerprint density at radius 2 is 1.08 bits per heavy atom. The smallest absolute Gasteiger partial charge is 0.149 e. The average molecular weight is 352 g/mol. The second kappa shape index (κ2) is 6.17. The highest BCUT2D eigenvalue weighted by Crippen LogP contribution is 2.60. The zero-order valence-corrected chi connectivity index (χ0v) is 18.5. The molecule has 0 N–H and O–H groups in total. The van der Waals surface area contributed by atoms with Gasteiger partial charge in [-0.2, -0.15) is 15.8 Å². The minimum Gasteiger partial charge on any atom is -0.193 e. The number of benzene rings is 2. The maximum Gasteiger partial charge on any atom is 0.149 e. The lowest BCUT2D eigenvalue weighted by Gasteiger charge is -2.60. The predicted octanol–water partition coefficient (Wildman–Crippen LogP) is 6.88. The number of fused-ring (bicyclic) bond motifs is 3. The van der Waals surface area contributed by atoms with E-state index in [9.17, 15) is 0 Å². The largest absolute Gasteiger partial charge is 0.193 e. The lowest BCUT2D eigenvalue weighted by Crippen LogP contribution is -2.66. The van der Waals surface area contributed by atoms with Gasteiger partial charge in [0.15, 0.2) is 0 Å². The molecule has 0 heterocycles. The Balaban J connectivity index is 2.52. The second-order valence-corrected chi connectivity index (χ2v) is 21.0. The Kier molecular flexibility index (Phi) is 4.62. The highest BCUT2D eigenvalue weighted by Gasteiger charge is 2.57. The van der Waals surface area contributed by atoms with Crippen LogP contribution in [-0.4, -0.2) is 21.2 Å². The molecule has 0 aliphatic heterocycles. The topological polar surface area (TPSA) is 0 Å². The molecule has 0 radical (unpaired) electrons. The van der Waals surface area contributed by atoms with E-state index in [2.05, 4.69) is 88.9 Å². The molecule has 0 nitrogen and oxygen atoms in total. The van der Waals surface area contributed by atoms with Crippen LogP contribution in [0, 0.1) is 0 Å². The average Bonchev–Trinajstić information content (AvgIpc) is 2.90. The van der Waals surface area contributed by atoms with E-state index in [1.807, 2.05) is 0 Å². The Hall–Kier alpha value is -0.811. The highest BCUT2D eigenvalue weighted by atomic mass is 28.3. The summed E-state index contributed by atoms with van der Waals surface area (Å²) in [5.41, 5.74) is 6.41. The maximum atomic E-state index is 2.63. The summed E-state index contributed by atoms with van der Waals surface area (Å²) in [6, 6.07) is 18.7. The van der Waals surface area contributed by atoms with Gasteiger partial charge in [-0.25, -0.2) is 0 Å². The minimum atomic E-state index is -1.88. The van der Waals surface area contributed by atoms with Crippen molar-refractivity contribution in [3.05, 3.63) is 59.7 Å². The summed E-state index contributed by atoms with van der Waals surface area (Å²) in [5, 5.41) is 4.23. The van der Waals surface area contributed by atoms with Gasteiger partial charge < -0.3 is 0 Å². The summed E-state index contributed by atoms with van der Waals surface area (Å²) in [6.07, 6.45) is 0. The molecule has 128 valence electrons. The molecule has 2 aromatic rings. The van der Waals surface area contributed by atoms with E-state index in [1.54, 1.807) is 11.1 Å². The van der Waals surface area contributed by atoms with E-state index in [-0.39, 0.29) is 0 Å². The Morgan fingerprint density at radius 3 is 1.42 bits per heavy atom.